The highest BCUT2D eigenvalue weighted by Gasteiger charge is 2.68. The summed E-state index contributed by atoms with van der Waals surface area (Å²) in [4.78, 5) is 0. The van der Waals surface area contributed by atoms with Gasteiger partial charge in [-0.3, -0.25) is 4.68 Å². The summed E-state index contributed by atoms with van der Waals surface area (Å²) in [6.07, 6.45) is -4.54. The van der Waals surface area contributed by atoms with Crippen molar-refractivity contribution in [2.45, 2.75) is 51.8 Å². The van der Waals surface area contributed by atoms with Crippen LogP contribution in [0.15, 0.2) is 0 Å². The molecule has 0 N–H and O–H groups in total. The maximum Gasteiger partial charge on any atom is 0.435 e. The highest BCUT2D eigenvalue weighted by molar-refractivity contribution is 5.46. The lowest BCUT2D eigenvalue weighted by molar-refractivity contribution is -0.142. The topological polar surface area (TPSA) is 17.8 Å². The Morgan fingerprint density at radius 1 is 1.32 bits per heavy atom. The molecule has 0 spiro atoms. The average molecular weight is 282 g/mol. The van der Waals surface area contributed by atoms with Crippen molar-refractivity contribution in [2.24, 2.45) is 5.92 Å². The second-order valence-corrected chi connectivity index (χ2v) is 5.22. The van der Waals surface area contributed by atoms with E-state index in [1.54, 1.807) is 13.8 Å². The molecule has 1 aromatic heterocycles. The van der Waals surface area contributed by atoms with Crippen LogP contribution in [0.5, 0.6) is 0 Å². The number of rotatable bonds is 1. The Morgan fingerprint density at radius 2 is 1.89 bits per heavy atom. The molecule has 1 heterocycles. The zero-order chi connectivity index (χ0) is 13.5. The lowest BCUT2D eigenvalue weighted by Crippen LogP contribution is -2.21. The van der Waals surface area contributed by atoms with Crippen LogP contribution in [0.3, 0.4) is 0 Å². The smallest absolute Gasteiger partial charge is 0.260 e. The van der Waals surface area contributed by atoms with Crippen molar-refractivity contribution in [1.82, 2.24) is 9.78 Å². The minimum Gasteiger partial charge on any atom is -0.260 e. The van der Waals surface area contributed by atoms with Gasteiger partial charge in [-0.1, -0.05) is 7.43 Å². The van der Waals surface area contributed by atoms with E-state index in [1.807, 2.05) is 0 Å². The van der Waals surface area contributed by atoms with Crippen molar-refractivity contribution < 1.29 is 22.0 Å². The molecule has 1 aromatic rings. The fraction of sp³-hybridized carbons (Fsp3) is 0.750. The van der Waals surface area contributed by atoms with E-state index in [-0.39, 0.29) is 19.4 Å². The molecule has 0 aromatic carbocycles. The van der Waals surface area contributed by atoms with E-state index < -0.39 is 41.4 Å². The van der Waals surface area contributed by atoms with Gasteiger partial charge in [-0.2, -0.15) is 27.1 Å². The maximum atomic E-state index is 14.0. The number of fused-ring (bicyclic) bond motifs is 3. The monoisotopic (exact) mass is 282 g/mol. The summed E-state index contributed by atoms with van der Waals surface area (Å²) in [5.41, 5.74) is -1.92. The van der Waals surface area contributed by atoms with Crippen LogP contribution in [-0.2, 0) is 12.1 Å². The number of hydrogen-bond donors (Lipinski definition) is 0. The molecule has 2 nitrogen and oxygen atoms in total. The van der Waals surface area contributed by atoms with E-state index in [0.717, 1.165) is 4.68 Å². The molecule has 0 amide bonds. The van der Waals surface area contributed by atoms with Crippen LogP contribution in [0, 0.1) is 5.92 Å². The zero-order valence-electron chi connectivity index (χ0n) is 9.72. The molecule has 108 valence electrons. The van der Waals surface area contributed by atoms with E-state index in [0.29, 0.717) is 0 Å². The lowest BCUT2D eigenvalue weighted by atomic mass is 10.1. The summed E-state index contributed by atoms with van der Waals surface area (Å²) in [5.74, 6) is -4.81. The van der Waals surface area contributed by atoms with Gasteiger partial charge in [-0.05, 0) is 26.2 Å². The van der Waals surface area contributed by atoms with Crippen LogP contribution in [0.4, 0.5) is 22.0 Å². The molecule has 3 rings (SSSR count). The largest absolute Gasteiger partial charge is 0.435 e. The van der Waals surface area contributed by atoms with Gasteiger partial charge in [0.15, 0.2) is 5.69 Å². The minimum absolute atomic E-state index is 0. The Morgan fingerprint density at radius 3 is 2.37 bits per heavy atom. The molecule has 7 heteroatoms. The van der Waals surface area contributed by atoms with Crippen molar-refractivity contribution in [3.8, 4) is 0 Å². The first kappa shape index (κ1) is 14.3. The third-order valence-corrected chi connectivity index (χ3v) is 3.65. The number of aromatic nitrogens is 2. The lowest BCUT2D eigenvalue weighted by Gasteiger charge is -2.17. The highest BCUT2D eigenvalue weighted by atomic mass is 19.4. The van der Waals surface area contributed by atoms with Gasteiger partial charge in [0.05, 0.1) is 0 Å². The first-order chi connectivity index (χ1) is 8.15. The van der Waals surface area contributed by atoms with Crippen LogP contribution in [0.25, 0.3) is 0 Å². The fourth-order valence-electron chi connectivity index (χ4n) is 2.80. The predicted molar refractivity (Wildman–Crippen MR) is 59.1 cm³/mol. The maximum absolute atomic E-state index is 14.0. The summed E-state index contributed by atoms with van der Waals surface area (Å²) in [5, 5.41) is 3.39. The Balaban J connectivity index is 0.00000133. The zero-order valence-corrected chi connectivity index (χ0v) is 9.72. The summed E-state index contributed by atoms with van der Waals surface area (Å²) in [6, 6.07) is -0.516. The van der Waals surface area contributed by atoms with Crippen LogP contribution < -0.4 is 0 Å². The minimum atomic E-state index is -4.67. The van der Waals surface area contributed by atoms with Gasteiger partial charge >= 0.3 is 6.18 Å². The number of nitrogens with zero attached hydrogens (tertiary/aromatic N) is 2. The summed E-state index contributed by atoms with van der Waals surface area (Å²) in [7, 11) is 0. The molecule has 2 aliphatic rings. The highest BCUT2D eigenvalue weighted by Crippen LogP contribution is 2.68. The average Bonchev–Trinajstić information content (AvgIpc) is 2.82. The Hall–Kier alpha value is -1.14. The number of alkyl halides is 5. The molecule has 0 bridgehead atoms. The second-order valence-electron chi connectivity index (χ2n) is 5.22. The van der Waals surface area contributed by atoms with E-state index in [2.05, 4.69) is 5.10 Å². The van der Waals surface area contributed by atoms with Crippen LogP contribution in [0.1, 0.15) is 56.6 Å². The molecule has 0 radical (unpaired) electrons. The van der Waals surface area contributed by atoms with Crippen LogP contribution in [0.2, 0.25) is 0 Å². The van der Waals surface area contributed by atoms with E-state index in [1.165, 1.54) is 0 Å². The number of hydrogen-bond acceptors (Lipinski definition) is 1. The predicted octanol–water partition coefficient (Wildman–Crippen LogP) is 4.33. The van der Waals surface area contributed by atoms with E-state index in [4.69, 9.17) is 0 Å². The Bertz CT molecular complexity index is 515. The Labute approximate surface area is 107 Å². The molecule has 1 saturated carbocycles. The quantitative estimate of drug-likeness (QED) is 0.701. The van der Waals surface area contributed by atoms with Gasteiger partial charge in [0.2, 0.25) is 0 Å². The van der Waals surface area contributed by atoms with E-state index in [9.17, 15) is 22.0 Å². The molecule has 19 heavy (non-hydrogen) atoms. The molecule has 2 aliphatic carbocycles. The summed E-state index contributed by atoms with van der Waals surface area (Å²) in [6.45, 7) is 3.10. The van der Waals surface area contributed by atoms with Crippen molar-refractivity contribution in [2.75, 3.05) is 0 Å². The van der Waals surface area contributed by atoms with Crippen molar-refractivity contribution in [3.63, 3.8) is 0 Å². The summed E-state index contributed by atoms with van der Waals surface area (Å²) >= 11 is 0. The summed E-state index contributed by atoms with van der Waals surface area (Å²) < 4.78 is 67.3. The van der Waals surface area contributed by atoms with Gasteiger partial charge < -0.3 is 0 Å². The Kier molecular flexibility index (Phi) is 2.78. The molecule has 0 saturated heterocycles. The molecular weight excluding hydrogens is 267 g/mol. The van der Waals surface area contributed by atoms with Gasteiger partial charge in [0.1, 0.15) is 5.69 Å². The van der Waals surface area contributed by atoms with Gasteiger partial charge in [-0.25, -0.2) is 0 Å². The van der Waals surface area contributed by atoms with Crippen LogP contribution >= 0.6 is 0 Å². The third-order valence-electron chi connectivity index (χ3n) is 3.65. The molecule has 2 atom stereocenters. The molecule has 1 fully saturated rings. The SMILES string of the molecule is C.CC(C)n1nc(C(F)(F)F)c2c1C(F)(F)C1CC21. The molecule has 0 aliphatic heterocycles. The first-order valence-electron chi connectivity index (χ1n) is 5.73. The van der Waals surface area contributed by atoms with Gasteiger partial charge in [0, 0.05) is 17.5 Å². The van der Waals surface area contributed by atoms with Crippen LogP contribution in [-0.4, -0.2) is 9.78 Å². The van der Waals surface area contributed by atoms with Crippen molar-refractivity contribution in [3.05, 3.63) is 17.0 Å². The van der Waals surface area contributed by atoms with E-state index >= 15 is 0 Å². The molecular formula is C12H15F5N2. The third kappa shape index (κ3) is 1.70. The molecule has 2 unspecified atom stereocenters. The van der Waals surface area contributed by atoms with Gasteiger partial charge in [-0.15, -0.1) is 0 Å². The number of halogens is 5. The van der Waals surface area contributed by atoms with Crippen molar-refractivity contribution in [1.29, 1.82) is 0 Å². The standard InChI is InChI=1S/C11H11F5N2.CH4/c1-4(2)18-9-7(8(17-18)11(14,15)16)5-3-6(5)10(9,12)13;/h4-6H,3H2,1-2H3;1H4. The first-order valence-corrected chi connectivity index (χ1v) is 5.73. The normalized spacial score (nSPS) is 26.9. The fourth-order valence-corrected chi connectivity index (χ4v) is 2.80. The van der Waals surface area contributed by atoms with Gasteiger partial charge in [0.25, 0.3) is 5.92 Å². The van der Waals surface area contributed by atoms with Crippen molar-refractivity contribution >= 4 is 0 Å². The second kappa shape index (κ2) is 3.70.